The number of hydrogen-bond donors (Lipinski definition) is 3. The molecular weight excluding hydrogens is 220 g/mol. The normalized spacial score (nSPS) is 33.7. The molecule has 2 fully saturated rings. The van der Waals surface area contributed by atoms with Crippen LogP contribution in [0.1, 0.15) is 13.3 Å². The zero-order chi connectivity index (χ0) is 12.4. The van der Waals surface area contributed by atoms with E-state index in [2.05, 4.69) is 17.6 Å². The molecule has 96 valence electrons. The van der Waals surface area contributed by atoms with Crippen LogP contribution >= 0.6 is 0 Å². The Morgan fingerprint density at radius 3 is 2.59 bits per heavy atom. The minimum absolute atomic E-state index is 0.0770. The lowest BCUT2D eigenvalue weighted by Gasteiger charge is -2.31. The minimum atomic E-state index is -0.302. The summed E-state index contributed by atoms with van der Waals surface area (Å²) in [7, 11) is 0. The molecule has 0 bridgehead atoms. The second kappa shape index (κ2) is 5.01. The van der Waals surface area contributed by atoms with E-state index in [1.165, 1.54) is 0 Å². The maximum atomic E-state index is 12.1. The van der Waals surface area contributed by atoms with Crippen LogP contribution in [0.5, 0.6) is 0 Å². The van der Waals surface area contributed by atoms with Crippen molar-refractivity contribution >= 4 is 11.8 Å². The van der Waals surface area contributed by atoms with Gasteiger partial charge >= 0.3 is 0 Å². The summed E-state index contributed by atoms with van der Waals surface area (Å²) in [5.41, 5.74) is 5.25. The number of nitrogens with one attached hydrogen (secondary N) is 2. The quantitative estimate of drug-likeness (QED) is 0.535. The SMILES string of the molecule is CC1CNC(C(=O)N2CCC(C(N)=O)C2)CN1. The molecule has 6 heteroatoms. The van der Waals surface area contributed by atoms with Gasteiger partial charge in [0.2, 0.25) is 11.8 Å². The standard InChI is InChI=1S/C11H20N4O2/c1-7-4-14-9(5-13-7)11(17)15-3-2-8(6-15)10(12)16/h7-9,13-14H,2-6H2,1H3,(H2,12,16). The lowest BCUT2D eigenvalue weighted by Crippen LogP contribution is -2.59. The third kappa shape index (κ3) is 2.76. The van der Waals surface area contributed by atoms with Crippen molar-refractivity contribution in [1.82, 2.24) is 15.5 Å². The van der Waals surface area contributed by atoms with E-state index in [0.29, 0.717) is 32.1 Å². The summed E-state index contributed by atoms with van der Waals surface area (Å²) in [4.78, 5) is 24.9. The number of rotatable bonds is 2. The number of nitrogens with zero attached hydrogens (tertiary/aromatic N) is 1. The molecule has 6 nitrogen and oxygen atoms in total. The van der Waals surface area contributed by atoms with Crippen LogP contribution in [0, 0.1) is 5.92 Å². The van der Waals surface area contributed by atoms with E-state index in [9.17, 15) is 9.59 Å². The van der Waals surface area contributed by atoms with Gasteiger partial charge in [-0.05, 0) is 13.3 Å². The third-order valence-electron chi connectivity index (χ3n) is 3.54. The average molecular weight is 240 g/mol. The second-order valence-corrected chi connectivity index (χ2v) is 4.94. The summed E-state index contributed by atoms with van der Waals surface area (Å²) < 4.78 is 0. The minimum Gasteiger partial charge on any atom is -0.369 e. The molecule has 0 aliphatic carbocycles. The zero-order valence-corrected chi connectivity index (χ0v) is 10.1. The number of hydrogen-bond acceptors (Lipinski definition) is 4. The Balaban J connectivity index is 1.86. The molecule has 2 aliphatic rings. The van der Waals surface area contributed by atoms with E-state index in [1.54, 1.807) is 4.90 Å². The van der Waals surface area contributed by atoms with Crippen molar-refractivity contribution in [3.8, 4) is 0 Å². The van der Waals surface area contributed by atoms with Crippen LogP contribution < -0.4 is 16.4 Å². The molecule has 2 rings (SSSR count). The van der Waals surface area contributed by atoms with Crippen molar-refractivity contribution in [2.75, 3.05) is 26.2 Å². The average Bonchev–Trinajstić information content (AvgIpc) is 2.78. The molecule has 0 aromatic rings. The molecule has 0 radical (unpaired) electrons. The molecule has 3 unspecified atom stereocenters. The van der Waals surface area contributed by atoms with Gasteiger partial charge in [-0.25, -0.2) is 0 Å². The van der Waals surface area contributed by atoms with E-state index in [4.69, 9.17) is 5.73 Å². The maximum absolute atomic E-state index is 12.1. The summed E-state index contributed by atoms with van der Waals surface area (Å²) in [5, 5.41) is 6.49. The smallest absolute Gasteiger partial charge is 0.241 e. The molecule has 0 aromatic carbocycles. The van der Waals surface area contributed by atoms with Crippen LogP contribution in [0.15, 0.2) is 0 Å². The Hall–Kier alpha value is -1.14. The molecule has 3 atom stereocenters. The van der Waals surface area contributed by atoms with Gasteiger partial charge in [-0.3, -0.25) is 9.59 Å². The predicted octanol–water partition coefficient (Wildman–Crippen LogP) is -1.73. The van der Waals surface area contributed by atoms with Crippen LogP contribution in [0.25, 0.3) is 0 Å². The van der Waals surface area contributed by atoms with Crippen LogP contribution in [-0.2, 0) is 9.59 Å². The summed E-state index contributed by atoms with van der Waals surface area (Å²) in [6.07, 6.45) is 0.692. The van der Waals surface area contributed by atoms with Crippen LogP contribution in [0.4, 0.5) is 0 Å². The Morgan fingerprint density at radius 2 is 2.06 bits per heavy atom. The number of carbonyl (C=O) groups excluding carboxylic acids is 2. The van der Waals surface area contributed by atoms with Gasteiger partial charge < -0.3 is 21.3 Å². The molecule has 0 spiro atoms. The zero-order valence-electron chi connectivity index (χ0n) is 10.1. The summed E-state index contributed by atoms with van der Waals surface area (Å²) >= 11 is 0. The van der Waals surface area contributed by atoms with Crippen LogP contribution in [0.3, 0.4) is 0 Å². The number of likely N-dealkylation sites (tertiary alicyclic amines) is 1. The van der Waals surface area contributed by atoms with Crippen molar-refractivity contribution in [3.05, 3.63) is 0 Å². The van der Waals surface area contributed by atoms with Crippen molar-refractivity contribution < 1.29 is 9.59 Å². The van der Waals surface area contributed by atoms with E-state index in [0.717, 1.165) is 6.54 Å². The Labute approximate surface area is 101 Å². The fraction of sp³-hybridized carbons (Fsp3) is 0.818. The maximum Gasteiger partial charge on any atom is 0.241 e. The summed E-state index contributed by atoms with van der Waals surface area (Å²) in [6.45, 7) is 4.63. The first-order valence-corrected chi connectivity index (χ1v) is 6.13. The molecule has 0 saturated carbocycles. The van der Waals surface area contributed by atoms with Gasteiger partial charge in [-0.15, -0.1) is 0 Å². The van der Waals surface area contributed by atoms with Gasteiger partial charge in [0.15, 0.2) is 0 Å². The van der Waals surface area contributed by atoms with Crippen molar-refractivity contribution in [1.29, 1.82) is 0 Å². The molecule has 0 aromatic heterocycles. The van der Waals surface area contributed by atoms with E-state index in [-0.39, 0.29) is 23.8 Å². The van der Waals surface area contributed by atoms with Gasteiger partial charge in [0, 0.05) is 32.2 Å². The van der Waals surface area contributed by atoms with Gasteiger partial charge in [-0.1, -0.05) is 0 Å². The molecule has 2 amide bonds. The molecular formula is C11H20N4O2. The Kier molecular flexibility index (Phi) is 3.63. The predicted molar refractivity (Wildman–Crippen MR) is 63.1 cm³/mol. The lowest BCUT2D eigenvalue weighted by atomic mass is 10.1. The number of primary amides is 1. The molecule has 2 aliphatic heterocycles. The van der Waals surface area contributed by atoms with E-state index >= 15 is 0 Å². The van der Waals surface area contributed by atoms with Crippen molar-refractivity contribution in [2.24, 2.45) is 11.7 Å². The fourth-order valence-electron chi connectivity index (χ4n) is 2.37. The number of amides is 2. The number of piperazine rings is 1. The molecule has 2 saturated heterocycles. The molecule has 4 N–H and O–H groups in total. The topological polar surface area (TPSA) is 87.5 Å². The Bertz CT molecular complexity index is 313. The highest BCUT2D eigenvalue weighted by Crippen LogP contribution is 2.16. The van der Waals surface area contributed by atoms with Crippen molar-refractivity contribution in [3.63, 3.8) is 0 Å². The molecule has 2 heterocycles. The monoisotopic (exact) mass is 240 g/mol. The van der Waals surface area contributed by atoms with Gasteiger partial charge in [0.05, 0.1) is 12.0 Å². The first-order valence-electron chi connectivity index (χ1n) is 6.13. The highest BCUT2D eigenvalue weighted by atomic mass is 16.2. The highest BCUT2D eigenvalue weighted by molar-refractivity contribution is 5.84. The van der Waals surface area contributed by atoms with Crippen LogP contribution in [-0.4, -0.2) is 55.0 Å². The first kappa shape index (κ1) is 12.3. The third-order valence-corrected chi connectivity index (χ3v) is 3.54. The van der Waals surface area contributed by atoms with E-state index in [1.807, 2.05) is 0 Å². The van der Waals surface area contributed by atoms with Crippen molar-refractivity contribution in [2.45, 2.75) is 25.4 Å². The number of carbonyl (C=O) groups is 2. The van der Waals surface area contributed by atoms with Gasteiger partial charge in [-0.2, -0.15) is 0 Å². The first-order chi connectivity index (χ1) is 8.08. The summed E-state index contributed by atoms with van der Waals surface area (Å²) in [5.74, 6) is -0.397. The van der Waals surface area contributed by atoms with E-state index < -0.39 is 0 Å². The highest BCUT2D eigenvalue weighted by Gasteiger charge is 2.34. The second-order valence-electron chi connectivity index (χ2n) is 4.94. The Morgan fingerprint density at radius 1 is 1.29 bits per heavy atom. The van der Waals surface area contributed by atoms with Gasteiger partial charge in [0.25, 0.3) is 0 Å². The summed E-state index contributed by atoms with van der Waals surface area (Å²) in [6, 6.07) is 0.230. The lowest BCUT2D eigenvalue weighted by molar-refractivity contribution is -0.133. The van der Waals surface area contributed by atoms with Gasteiger partial charge in [0.1, 0.15) is 0 Å². The molecule has 17 heavy (non-hydrogen) atoms. The fourth-order valence-corrected chi connectivity index (χ4v) is 2.37. The number of nitrogens with two attached hydrogens (primary N) is 1. The van der Waals surface area contributed by atoms with Crippen LogP contribution in [0.2, 0.25) is 0 Å². The largest absolute Gasteiger partial charge is 0.369 e.